The van der Waals surface area contributed by atoms with E-state index in [0.717, 1.165) is 0 Å². The second-order valence-electron chi connectivity index (χ2n) is 2.55. The molecule has 70 valence electrons. The van der Waals surface area contributed by atoms with E-state index >= 15 is 0 Å². The maximum absolute atomic E-state index is 12.2. The zero-order chi connectivity index (χ0) is 9.84. The van der Waals surface area contributed by atoms with Crippen LogP contribution in [0.1, 0.15) is 11.5 Å². The van der Waals surface area contributed by atoms with Gasteiger partial charge >= 0.3 is 0 Å². The van der Waals surface area contributed by atoms with Gasteiger partial charge in [-0.15, -0.1) is 0 Å². The third kappa shape index (κ3) is 2.49. The molecule has 0 amide bonds. The minimum absolute atomic E-state index is 0.244. The van der Waals surface area contributed by atoms with E-state index in [2.05, 4.69) is 0 Å². The van der Waals surface area contributed by atoms with Gasteiger partial charge in [-0.05, 0) is 17.7 Å². The van der Waals surface area contributed by atoms with Crippen LogP contribution in [-0.4, -0.2) is 12.7 Å². The van der Waals surface area contributed by atoms with E-state index < -0.39 is 12.3 Å². The topological polar surface area (TPSA) is 17.1 Å². The minimum Gasteiger partial charge on any atom is -0.302 e. The molecule has 0 aromatic heterocycles. The van der Waals surface area contributed by atoms with Gasteiger partial charge in [-0.1, -0.05) is 23.7 Å². The number of hydrogen-bond acceptors (Lipinski definition) is 1. The van der Waals surface area contributed by atoms with E-state index in [1.807, 2.05) is 0 Å². The lowest BCUT2D eigenvalue weighted by Crippen LogP contribution is -2.10. The molecule has 1 rings (SSSR count). The fraction of sp³-hybridized carbons (Fsp3) is 0.222. The van der Waals surface area contributed by atoms with Crippen LogP contribution in [0.15, 0.2) is 24.3 Å². The maximum Gasteiger partial charge on any atom is 0.252 e. The average molecular weight is 205 g/mol. The van der Waals surface area contributed by atoms with Gasteiger partial charge in [-0.3, -0.25) is 0 Å². The van der Waals surface area contributed by atoms with Gasteiger partial charge in [0.1, 0.15) is 12.2 Å². The molecule has 1 unspecified atom stereocenters. The molecule has 0 fully saturated rings. The summed E-state index contributed by atoms with van der Waals surface area (Å²) in [4.78, 5) is 10.3. The van der Waals surface area contributed by atoms with Crippen LogP contribution in [-0.2, 0) is 4.79 Å². The first-order valence-electron chi connectivity index (χ1n) is 3.64. The monoisotopic (exact) mass is 204 g/mol. The number of alkyl halides is 2. The molecule has 0 aliphatic heterocycles. The molecule has 0 bridgehead atoms. The number of halogens is 3. The molecule has 1 aromatic rings. The van der Waals surface area contributed by atoms with Gasteiger partial charge < -0.3 is 4.79 Å². The van der Waals surface area contributed by atoms with Gasteiger partial charge in [0.15, 0.2) is 0 Å². The van der Waals surface area contributed by atoms with Crippen molar-refractivity contribution in [1.29, 1.82) is 0 Å². The average Bonchev–Trinajstić information content (AvgIpc) is 2.09. The highest BCUT2D eigenvalue weighted by Crippen LogP contribution is 2.22. The van der Waals surface area contributed by atoms with Crippen molar-refractivity contribution in [3.05, 3.63) is 34.9 Å². The molecule has 0 N–H and O–H groups in total. The molecule has 4 heteroatoms. The first-order valence-corrected chi connectivity index (χ1v) is 4.02. The van der Waals surface area contributed by atoms with Crippen LogP contribution in [0.4, 0.5) is 8.78 Å². The summed E-state index contributed by atoms with van der Waals surface area (Å²) < 4.78 is 24.4. The van der Waals surface area contributed by atoms with Crippen LogP contribution in [0, 0.1) is 0 Å². The Morgan fingerprint density at radius 3 is 2.15 bits per heavy atom. The predicted molar refractivity (Wildman–Crippen MR) is 46.3 cm³/mol. The second-order valence-corrected chi connectivity index (χ2v) is 2.98. The summed E-state index contributed by atoms with van der Waals surface area (Å²) in [7, 11) is 0. The van der Waals surface area contributed by atoms with E-state index in [0.29, 0.717) is 5.02 Å². The van der Waals surface area contributed by atoms with Gasteiger partial charge in [-0.2, -0.15) is 0 Å². The molecule has 1 nitrogen and oxygen atoms in total. The van der Waals surface area contributed by atoms with Gasteiger partial charge in [0.05, 0.1) is 0 Å². The maximum atomic E-state index is 12.2. The minimum atomic E-state index is -2.67. The molecule has 0 aliphatic carbocycles. The number of benzene rings is 1. The largest absolute Gasteiger partial charge is 0.302 e. The van der Waals surface area contributed by atoms with Crippen molar-refractivity contribution in [3.8, 4) is 0 Å². The van der Waals surface area contributed by atoms with Crippen molar-refractivity contribution in [2.24, 2.45) is 0 Å². The molecule has 1 aromatic carbocycles. The lowest BCUT2D eigenvalue weighted by molar-refractivity contribution is -0.111. The summed E-state index contributed by atoms with van der Waals surface area (Å²) in [6, 6.07) is 5.81. The first kappa shape index (κ1) is 10.1. The zero-order valence-electron chi connectivity index (χ0n) is 6.58. The highest BCUT2D eigenvalue weighted by molar-refractivity contribution is 6.30. The summed E-state index contributed by atoms with van der Waals surface area (Å²) >= 11 is 5.56. The van der Waals surface area contributed by atoms with Gasteiger partial charge in [0.25, 0.3) is 6.43 Å². The highest BCUT2D eigenvalue weighted by Gasteiger charge is 2.21. The Labute approximate surface area is 79.3 Å². The van der Waals surface area contributed by atoms with Crippen LogP contribution in [0.2, 0.25) is 5.02 Å². The Balaban J connectivity index is 2.92. The normalized spacial score (nSPS) is 12.9. The molecular formula is C9H7ClF2O. The summed E-state index contributed by atoms with van der Waals surface area (Å²) in [6.07, 6.45) is -2.42. The van der Waals surface area contributed by atoms with Crippen LogP contribution < -0.4 is 0 Å². The van der Waals surface area contributed by atoms with E-state index in [1.165, 1.54) is 24.3 Å². The highest BCUT2D eigenvalue weighted by atomic mass is 35.5. The molecule has 13 heavy (non-hydrogen) atoms. The van der Waals surface area contributed by atoms with E-state index in [9.17, 15) is 13.6 Å². The van der Waals surface area contributed by atoms with Crippen LogP contribution in [0.5, 0.6) is 0 Å². The Morgan fingerprint density at radius 1 is 1.23 bits per heavy atom. The molecule has 0 heterocycles. The number of carbonyl (C=O) groups is 1. The smallest absolute Gasteiger partial charge is 0.252 e. The van der Waals surface area contributed by atoms with E-state index in [-0.39, 0.29) is 11.8 Å². The molecular weight excluding hydrogens is 198 g/mol. The first-order chi connectivity index (χ1) is 6.15. The molecule has 1 atom stereocenters. The Morgan fingerprint density at radius 2 is 1.77 bits per heavy atom. The summed E-state index contributed by atoms with van der Waals surface area (Å²) in [5.74, 6) is -1.35. The van der Waals surface area contributed by atoms with Crippen molar-refractivity contribution in [2.75, 3.05) is 0 Å². The van der Waals surface area contributed by atoms with E-state index in [1.54, 1.807) is 0 Å². The van der Waals surface area contributed by atoms with Crippen molar-refractivity contribution in [2.45, 2.75) is 12.3 Å². The van der Waals surface area contributed by atoms with Gasteiger partial charge in [-0.25, -0.2) is 8.78 Å². The number of rotatable bonds is 3. The second kappa shape index (κ2) is 4.33. The van der Waals surface area contributed by atoms with Crippen molar-refractivity contribution in [1.82, 2.24) is 0 Å². The van der Waals surface area contributed by atoms with Crippen molar-refractivity contribution in [3.63, 3.8) is 0 Å². The van der Waals surface area contributed by atoms with Crippen LogP contribution >= 0.6 is 11.6 Å². The fourth-order valence-corrected chi connectivity index (χ4v) is 1.09. The predicted octanol–water partition coefficient (Wildman–Crippen LogP) is 2.89. The lowest BCUT2D eigenvalue weighted by Gasteiger charge is -2.08. The molecule has 0 saturated heterocycles. The van der Waals surface area contributed by atoms with Crippen molar-refractivity contribution >= 4 is 17.9 Å². The molecule has 0 saturated carbocycles. The van der Waals surface area contributed by atoms with Gasteiger partial charge in [0, 0.05) is 5.02 Å². The van der Waals surface area contributed by atoms with Crippen LogP contribution in [0.25, 0.3) is 0 Å². The Bertz CT molecular complexity index is 284. The lowest BCUT2D eigenvalue weighted by atomic mass is 10.0. The summed E-state index contributed by atoms with van der Waals surface area (Å²) in [5, 5.41) is 0.461. The quantitative estimate of drug-likeness (QED) is 0.692. The standard InChI is InChI=1S/C9H7ClF2O/c10-7-3-1-6(2-4-7)8(5-13)9(11)12/h1-5,8-9H. The SMILES string of the molecule is O=CC(c1ccc(Cl)cc1)C(F)F. The fourth-order valence-electron chi connectivity index (χ4n) is 0.968. The molecule has 0 spiro atoms. The summed E-state index contributed by atoms with van der Waals surface area (Å²) in [5.41, 5.74) is 0.286. The summed E-state index contributed by atoms with van der Waals surface area (Å²) in [6.45, 7) is 0. The molecule has 0 aliphatic rings. The van der Waals surface area contributed by atoms with E-state index in [4.69, 9.17) is 11.6 Å². The third-order valence-electron chi connectivity index (χ3n) is 1.67. The number of carbonyl (C=O) groups excluding carboxylic acids is 1. The van der Waals surface area contributed by atoms with Crippen LogP contribution in [0.3, 0.4) is 0 Å². The Kier molecular flexibility index (Phi) is 3.37. The van der Waals surface area contributed by atoms with Crippen molar-refractivity contribution < 1.29 is 13.6 Å². The number of hydrogen-bond donors (Lipinski definition) is 0. The molecule has 0 radical (unpaired) electrons. The third-order valence-corrected chi connectivity index (χ3v) is 1.92. The number of aldehydes is 1. The van der Waals surface area contributed by atoms with Gasteiger partial charge in [0.2, 0.25) is 0 Å². The Hall–Kier alpha value is -0.960. The zero-order valence-corrected chi connectivity index (χ0v) is 7.34.